The normalized spacial score (nSPS) is 17.5. The Morgan fingerprint density at radius 1 is 1.10 bits per heavy atom. The second-order valence-electron chi connectivity index (χ2n) is 6.39. The van der Waals surface area contributed by atoms with Gasteiger partial charge < -0.3 is 15.2 Å². The second-order valence-corrected chi connectivity index (χ2v) is 7.24. The van der Waals surface area contributed by atoms with Crippen LogP contribution in [0.2, 0.25) is 10.0 Å². The number of nitrogens with zero attached hydrogens (tertiary/aromatic N) is 1. The topological polar surface area (TPSA) is 70.9 Å². The van der Waals surface area contributed by atoms with Crippen LogP contribution in [-0.2, 0) is 9.53 Å². The predicted octanol–water partition coefficient (Wildman–Crippen LogP) is 4.09. The van der Waals surface area contributed by atoms with E-state index >= 15 is 0 Å². The Morgan fingerprint density at radius 2 is 1.83 bits per heavy atom. The molecule has 2 aliphatic rings. The number of halogens is 2. The number of hydrogen-bond donors (Lipinski definition) is 2. The number of hydrogen-bond acceptors (Lipinski definition) is 4. The number of aliphatic imine (C=N–C) groups is 1. The molecule has 0 aromatic heterocycles. The van der Waals surface area contributed by atoms with E-state index in [1.54, 1.807) is 24.3 Å². The first-order chi connectivity index (χ1) is 14.0. The molecule has 0 saturated carbocycles. The quantitative estimate of drug-likeness (QED) is 0.766. The summed E-state index contributed by atoms with van der Waals surface area (Å²) in [7, 11) is 0. The van der Waals surface area contributed by atoms with Gasteiger partial charge in [0.05, 0.1) is 17.8 Å². The van der Waals surface area contributed by atoms with Crippen molar-refractivity contribution in [2.24, 2.45) is 4.99 Å². The van der Waals surface area contributed by atoms with Gasteiger partial charge in [0.25, 0.3) is 5.91 Å². The van der Waals surface area contributed by atoms with Gasteiger partial charge >= 0.3 is 0 Å². The molecule has 0 bridgehead atoms. The molecule has 0 saturated heterocycles. The fourth-order valence-corrected chi connectivity index (χ4v) is 3.69. The number of nitrogens with one attached hydrogen (secondary N) is 1. The summed E-state index contributed by atoms with van der Waals surface area (Å²) in [6.45, 7) is 5.88. The second kappa shape index (κ2) is 9.55. The lowest BCUT2D eigenvalue weighted by Gasteiger charge is -2.13. The minimum atomic E-state index is -1.02. The van der Waals surface area contributed by atoms with Gasteiger partial charge in [-0.25, -0.2) is 0 Å². The average molecular weight is 433 g/mol. The molecule has 0 radical (unpaired) electrons. The summed E-state index contributed by atoms with van der Waals surface area (Å²) < 4.78 is 4.83. The molecule has 2 aromatic carbocycles. The Balaban J connectivity index is 0.000000431. The number of carbonyl (C=O) groups excluding carboxylic acids is 1. The monoisotopic (exact) mass is 432 g/mol. The largest absolute Gasteiger partial charge is 0.382 e. The van der Waals surface area contributed by atoms with Crippen LogP contribution in [0.4, 0.5) is 0 Å². The molecule has 2 aromatic rings. The third-order valence-corrected chi connectivity index (χ3v) is 5.16. The van der Waals surface area contributed by atoms with Gasteiger partial charge in [0.2, 0.25) is 0 Å². The van der Waals surface area contributed by atoms with Crippen molar-refractivity contribution in [3.05, 3.63) is 74.8 Å². The van der Waals surface area contributed by atoms with Crippen molar-refractivity contribution in [3.8, 4) is 0 Å². The van der Waals surface area contributed by atoms with Crippen LogP contribution in [0.3, 0.4) is 0 Å². The summed E-state index contributed by atoms with van der Waals surface area (Å²) in [4.78, 5) is 16.9. The molecule has 2 heterocycles. The number of aliphatic hydroxyl groups is 1. The highest BCUT2D eigenvalue weighted by Gasteiger charge is 2.34. The standard InChI is InChI=1S/C18H12Cl2N2O2.C4H10O/c19-9-5-6-10-12(7-9)16(11-3-1-2-4-14(11)20)21-8-13-15(10)18(24)22-17(13)23;1-3-5-4-2/h1-7,17,23H,8H2,(H,22,24);3-4H2,1-2H3. The molecule has 1 amide bonds. The Kier molecular flexibility index (Phi) is 7.09. The molecule has 152 valence electrons. The zero-order valence-corrected chi connectivity index (χ0v) is 17.7. The maximum absolute atomic E-state index is 12.3. The van der Waals surface area contributed by atoms with Crippen molar-refractivity contribution in [3.63, 3.8) is 0 Å². The minimum absolute atomic E-state index is 0.210. The molecule has 0 fully saturated rings. The lowest BCUT2D eigenvalue weighted by atomic mass is 9.92. The van der Waals surface area contributed by atoms with Crippen LogP contribution in [0.25, 0.3) is 5.57 Å². The van der Waals surface area contributed by atoms with Crippen LogP contribution in [0, 0.1) is 0 Å². The van der Waals surface area contributed by atoms with Crippen molar-refractivity contribution in [1.29, 1.82) is 0 Å². The van der Waals surface area contributed by atoms with Gasteiger partial charge in [-0.3, -0.25) is 9.79 Å². The van der Waals surface area contributed by atoms with Gasteiger partial charge in [-0.15, -0.1) is 0 Å². The minimum Gasteiger partial charge on any atom is -0.382 e. The first kappa shape index (κ1) is 21.5. The van der Waals surface area contributed by atoms with Crippen LogP contribution in [-0.4, -0.2) is 42.7 Å². The molecule has 4 rings (SSSR count). The van der Waals surface area contributed by atoms with E-state index in [1.165, 1.54) is 0 Å². The number of aliphatic hydroxyl groups excluding tert-OH is 1. The third-order valence-electron chi connectivity index (χ3n) is 4.60. The lowest BCUT2D eigenvalue weighted by molar-refractivity contribution is -0.116. The Labute approximate surface area is 180 Å². The molecule has 1 unspecified atom stereocenters. The summed E-state index contributed by atoms with van der Waals surface area (Å²) in [5.74, 6) is -0.309. The molecule has 0 spiro atoms. The SMILES string of the molecule is CCOCC.O=C1NC(O)C2=C1c1ccc(Cl)cc1C(c1ccccc1Cl)=NC2. The van der Waals surface area contributed by atoms with Gasteiger partial charge in [0.15, 0.2) is 6.23 Å². The number of carbonyl (C=O) groups is 1. The van der Waals surface area contributed by atoms with E-state index in [0.29, 0.717) is 32.5 Å². The van der Waals surface area contributed by atoms with Gasteiger partial charge in [-0.1, -0.05) is 47.5 Å². The van der Waals surface area contributed by atoms with Crippen LogP contribution in [0.1, 0.15) is 30.5 Å². The smallest absolute Gasteiger partial charge is 0.254 e. The number of fused-ring (bicyclic) bond motifs is 2. The van der Waals surface area contributed by atoms with Crippen LogP contribution >= 0.6 is 23.2 Å². The molecule has 1 atom stereocenters. The molecular weight excluding hydrogens is 411 g/mol. The number of amides is 1. The van der Waals surface area contributed by atoms with Gasteiger partial charge in [0.1, 0.15) is 0 Å². The maximum atomic E-state index is 12.3. The fraction of sp³-hybridized carbons (Fsp3) is 0.273. The third kappa shape index (κ3) is 4.54. The van der Waals surface area contributed by atoms with Crippen molar-refractivity contribution in [2.75, 3.05) is 19.8 Å². The molecule has 2 N–H and O–H groups in total. The van der Waals surface area contributed by atoms with E-state index in [2.05, 4.69) is 10.3 Å². The van der Waals surface area contributed by atoms with Crippen LogP contribution in [0.5, 0.6) is 0 Å². The first-order valence-corrected chi connectivity index (χ1v) is 10.1. The van der Waals surface area contributed by atoms with E-state index < -0.39 is 6.23 Å². The molecule has 0 aliphatic carbocycles. The summed E-state index contributed by atoms with van der Waals surface area (Å²) >= 11 is 12.5. The summed E-state index contributed by atoms with van der Waals surface area (Å²) in [6.07, 6.45) is -1.02. The van der Waals surface area contributed by atoms with Crippen molar-refractivity contribution < 1.29 is 14.6 Å². The van der Waals surface area contributed by atoms with Crippen LogP contribution in [0.15, 0.2) is 53.0 Å². The molecular formula is C22H22Cl2N2O3. The fourth-order valence-electron chi connectivity index (χ4n) is 3.29. The average Bonchev–Trinajstić information content (AvgIpc) is 2.87. The zero-order valence-electron chi connectivity index (χ0n) is 16.2. The first-order valence-electron chi connectivity index (χ1n) is 9.37. The van der Waals surface area contributed by atoms with E-state index in [9.17, 15) is 9.90 Å². The van der Waals surface area contributed by atoms with E-state index in [4.69, 9.17) is 27.9 Å². The lowest BCUT2D eigenvalue weighted by Crippen LogP contribution is -2.29. The molecule has 2 aliphatic heterocycles. The molecule has 29 heavy (non-hydrogen) atoms. The predicted molar refractivity (Wildman–Crippen MR) is 117 cm³/mol. The van der Waals surface area contributed by atoms with E-state index in [0.717, 1.165) is 24.3 Å². The Morgan fingerprint density at radius 3 is 2.48 bits per heavy atom. The highest BCUT2D eigenvalue weighted by atomic mass is 35.5. The Hall–Kier alpha value is -2.18. The number of rotatable bonds is 3. The van der Waals surface area contributed by atoms with Crippen molar-refractivity contribution in [2.45, 2.75) is 20.1 Å². The highest BCUT2D eigenvalue weighted by molar-refractivity contribution is 6.37. The zero-order chi connectivity index (χ0) is 21.0. The number of benzene rings is 2. The van der Waals surface area contributed by atoms with Gasteiger partial charge in [-0.05, 0) is 37.6 Å². The van der Waals surface area contributed by atoms with Gasteiger partial charge in [-0.2, -0.15) is 0 Å². The number of ether oxygens (including phenoxy) is 1. The molecule has 7 heteroatoms. The molecule has 5 nitrogen and oxygen atoms in total. The van der Waals surface area contributed by atoms with E-state index in [-0.39, 0.29) is 12.5 Å². The van der Waals surface area contributed by atoms with Crippen LogP contribution < -0.4 is 5.32 Å². The van der Waals surface area contributed by atoms with Crippen molar-refractivity contribution in [1.82, 2.24) is 5.32 Å². The maximum Gasteiger partial charge on any atom is 0.254 e. The summed E-state index contributed by atoms with van der Waals surface area (Å²) in [5.41, 5.74) is 3.86. The van der Waals surface area contributed by atoms with E-state index in [1.807, 2.05) is 32.0 Å². The Bertz CT molecular complexity index is 984. The van der Waals surface area contributed by atoms with Gasteiger partial charge in [0, 0.05) is 40.0 Å². The van der Waals surface area contributed by atoms with Crippen molar-refractivity contribution >= 4 is 40.4 Å². The summed E-state index contributed by atoms with van der Waals surface area (Å²) in [6, 6.07) is 12.7. The highest BCUT2D eigenvalue weighted by Crippen LogP contribution is 2.35. The summed E-state index contributed by atoms with van der Waals surface area (Å²) in [5, 5.41) is 13.7.